The van der Waals surface area contributed by atoms with Crippen LogP contribution in [0.2, 0.25) is 0 Å². The maximum absolute atomic E-state index is 9.03. The summed E-state index contributed by atoms with van der Waals surface area (Å²) in [6.45, 7) is 7.58. The molecule has 1 aromatic heterocycles. The molecule has 5 heteroatoms. The summed E-state index contributed by atoms with van der Waals surface area (Å²) in [5, 5.41) is 9.03. The van der Waals surface area contributed by atoms with Crippen LogP contribution < -0.4 is 10.6 Å². The van der Waals surface area contributed by atoms with E-state index >= 15 is 0 Å². The predicted octanol–water partition coefficient (Wildman–Crippen LogP) is 0.353. The lowest BCUT2D eigenvalue weighted by atomic mass is 10.1. The van der Waals surface area contributed by atoms with Crippen molar-refractivity contribution >= 4 is 5.82 Å². The molecule has 1 aromatic rings. The molecule has 1 saturated heterocycles. The quantitative estimate of drug-likeness (QED) is 0.821. The van der Waals surface area contributed by atoms with Crippen molar-refractivity contribution < 1.29 is 5.11 Å². The van der Waals surface area contributed by atoms with Gasteiger partial charge in [0.1, 0.15) is 5.82 Å². The number of aliphatic hydroxyl groups excluding tert-OH is 1. The molecule has 1 aliphatic rings. The summed E-state index contributed by atoms with van der Waals surface area (Å²) in [6, 6.07) is 2.02. The van der Waals surface area contributed by atoms with E-state index in [0.717, 1.165) is 50.5 Å². The van der Waals surface area contributed by atoms with Gasteiger partial charge in [-0.1, -0.05) is 0 Å². The van der Waals surface area contributed by atoms with Crippen molar-refractivity contribution in [3.63, 3.8) is 0 Å². The van der Waals surface area contributed by atoms with Crippen LogP contribution in [0.3, 0.4) is 0 Å². The van der Waals surface area contributed by atoms with E-state index in [2.05, 4.69) is 21.7 Å². The first-order chi connectivity index (χ1) is 9.26. The molecule has 1 aliphatic heterocycles. The van der Waals surface area contributed by atoms with Gasteiger partial charge in [0.05, 0.1) is 6.61 Å². The maximum Gasteiger partial charge on any atom is 0.133 e. The summed E-state index contributed by atoms with van der Waals surface area (Å²) < 4.78 is 0. The smallest absolute Gasteiger partial charge is 0.133 e. The van der Waals surface area contributed by atoms with Crippen LogP contribution in [0.1, 0.15) is 17.5 Å². The Bertz CT molecular complexity index is 410. The van der Waals surface area contributed by atoms with E-state index in [1.807, 2.05) is 12.3 Å². The van der Waals surface area contributed by atoms with Crippen molar-refractivity contribution in [1.82, 2.24) is 9.88 Å². The second-order valence-electron chi connectivity index (χ2n) is 5.04. The van der Waals surface area contributed by atoms with Gasteiger partial charge < -0.3 is 15.7 Å². The molecule has 19 heavy (non-hydrogen) atoms. The molecule has 0 atom stereocenters. The number of rotatable bonds is 4. The van der Waals surface area contributed by atoms with Crippen molar-refractivity contribution in [1.29, 1.82) is 0 Å². The number of nitrogens with zero attached hydrogens (tertiary/aromatic N) is 3. The van der Waals surface area contributed by atoms with Crippen molar-refractivity contribution in [2.45, 2.75) is 19.9 Å². The second kappa shape index (κ2) is 6.84. The fraction of sp³-hybridized carbons (Fsp3) is 0.643. The molecule has 0 amide bonds. The molecule has 106 valence electrons. The number of aromatic nitrogens is 1. The van der Waals surface area contributed by atoms with E-state index in [9.17, 15) is 0 Å². The van der Waals surface area contributed by atoms with Gasteiger partial charge in [-0.15, -0.1) is 0 Å². The monoisotopic (exact) mass is 264 g/mol. The van der Waals surface area contributed by atoms with E-state index in [1.165, 1.54) is 5.56 Å². The lowest BCUT2D eigenvalue weighted by Crippen LogP contribution is -2.33. The molecule has 0 bridgehead atoms. The first-order valence-corrected chi connectivity index (χ1v) is 6.99. The van der Waals surface area contributed by atoms with E-state index in [4.69, 9.17) is 10.8 Å². The van der Waals surface area contributed by atoms with Gasteiger partial charge in [-0.3, -0.25) is 4.90 Å². The van der Waals surface area contributed by atoms with Crippen molar-refractivity contribution in [3.8, 4) is 0 Å². The molecule has 2 rings (SSSR count). The summed E-state index contributed by atoms with van der Waals surface area (Å²) >= 11 is 0. The van der Waals surface area contributed by atoms with Crippen LogP contribution >= 0.6 is 0 Å². The van der Waals surface area contributed by atoms with Crippen LogP contribution in [-0.4, -0.2) is 54.3 Å². The Morgan fingerprint density at radius 1 is 1.32 bits per heavy atom. The van der Waals surface area contributed by atoms with Crippen LogP contribution in [0.25, 0.3) is 0 Å². The van der Waals surface area contributed by atoms with Crippen LogP contribution in [0, 0.1) is 6.92 Å². The summed E-state index contributed by atoms with van der Waals surface area (Å²) in [5.41, 5.74) is 8.23. The number of nitrogens with two attached hydrogens (primary N) is 1. The number of aliphatic hydroxyl groups is 1. The fourth-order valence-corrected chi connectivity index (χ4v) is 2.65. The van der Waals surface area contributed by atoms with E-state index in [0.29, 0.717) is 6.54 Å². The lowest BCUT2D eigenvalue weighted by molar-refractivity contribution is 0.204. The Hall–Kier alpha value is -1.17. The lowest BCUT2D eigenvalue weighted by Gasteiger charge is -2.25. The van der Waals surface area contributed by atoms with Gasteiger partial charge in [0.25, 0.3) is 0 Å². The average molecular weight is 264 g/mol. The highest BCUT2D eigenvalue weighted by Gasteiger charge is 2.18. The van der Waals surface area contributed by atoms with Crippen molar-refractivity contribution in [3.05, 3.63) is 23.4 Å². The van der Waals surface area contributed by atoms with Crippen LogP contribution in [0.4, 0.5) is 5.82 Å². The van der Waals surface area contributed by atoms with Crippen LogP contribution in [0.5, 0.6) is 0 Å². The summed E-state index contributed by atoms with van der Waals surface area (Å²) in [5.74, 6) is 1.04. The zero-order valence-corrected chi connectivity index (χ0v) is 11.7. The van der Waals surface area contributed by atoms with Gasteiger partial charge in [0.15, 0.2) is 0 Å². The molecule has 2 heterocycles. The van der Waals surface area contributed by atoms with Gasteiger partial charge in [-0.25, -0.2) is 4.98 Å². The molecule has 0 spiro atoms. The van der Waals surface area contributed by atoms with Crippen molar-refractivity contribution in [2.75, 3.05) is 44.2 Å². The highest BCUT2D eigenvalue weighted by atomic mass is 16.3. The molecule has 0 unspecified atom stereocenters. The third-order valence-corrected chi connectivity index (χ3v) is 3.78. The molecule has 0 aromatic carbocycles. The van der Waals surface area contributed by atoms with E-state index in [-0.39, 0.29) is 6.61 Å². The fourth-order valence-electron chi connectivity index (χ4n) is 2.65. The highest BCUT2D eigenvalue weighted by Crippen LogP contribution is 2.21. The Morgan fingerprint density at radius 2 is 2.16 bits per heavy atom. The zero-order chi connectivity index (χ0) is 13.7. The van der Waals surface area contributed by atoms with E-state index < -0.39 is 0 Å². The molecule has 3 N–H and O–H groups in total. The molecule has 0 saturated carbocycles. The van der Waals surface area contributed by atoms with Gasteiger partial charge in [-0.05, 0) is 31.5 Å². The molecule has 0 radical (unpaired) electrons. The highest BCUT2D eigenvalue weighted by molar-refractivity contribution is 5.50. The van der Waals surface area contributed by atoms with Gasteiger partial charge in [-0.2, -0.15) is 0 Å². The Kier molecular flexibility index (Phi) is 5.13. The number of hydrogen-bond acceptors (Lipinski definition) is 5. The molecule has 5 nitrogen and oxygen atoms in total. The predicted molar refractivity (Wildman–Crippen MR) is 77.2 cm³/mol. The zero-order valence-electron chi connectivity index (χ0n) is 11.7. The topological polar surface area (TPSA) is 65.6 Å². The third kappa shape index (κ3) is 3.43. The normalized spacial score (nSPS) is 17.5. The molecule has 0 aliphatic carbocycles. The SMILES string of the molecule is Cc1ccnc(N2CCCN(CCO)CC2)c1CN. The molecular formula is C14H24N4O. The largest absolute Gasteiger partial charge is 0.395 e. The number of hydrogen-bond donors (Lipinski definition) is 2. The first kappa shape index (κ1) is 14.2. The minimum absolute atomic E-state index is 0.233. The van der Waals surface area contributed by atoms with Crippen LogP contribution in [-0.2, 0) is 6.54 Å². The Morgan fingerprint density at radius 3 is 2.89 bits per heavy atom. The third-order valence-electron chi connectivity index (χ3n) is 3.78. The average Bonchev–Trinajstić information content (AvgIpc) is 2.64. The summed E-state index contributed by atoms with van der Waals surface area (Å²) in [7, 11) is 0. The molecular weight excluding hydrogens is 240 g/mol. The maximum atomic E-state index is 9.03. The number of aryl methyl sites for hydroxylation is 1. The Balaban J connectivity index is 2.12. The minimum Gasteiger partial charge on any atom is -0.395 e. The summed E-state index contributed by atoms with van der Waals surface area (Å²) in [6.07, 6.45) is 2.96. The number of pyridine rings is 1. The second-order valence-corrected chi connectivity index (χ2v) is 5.04. The van der Waals surface area contributed by atoms with Gasteiger partial charge in [0, 0.05) is 44.5 Å². The standard InChI is InChI=1S/C14H24N4O/c1-12-3-4-16-14(13(12)11-15)18-6-2-5-17(7-8-18)9-10-19/h3-4,19H,2,5-11,15H2,1H3. The number of anilines is 1. The van der Waals surface area contributed by atoms with E-state index in [1.54, 1.807) is 0 Å². The number of β-amino-alcohol motifs (C(OH)–C–C–N with tert-alkyl or cyclic N) is 1. The van der Waals surface area contributed by atoms with Crippen LogP contribution in [0.15, 0.2) is 12.3 Å². The first-order valence-electron chi connectivity index (χ1n) is 6.99. The van der Waals surface area contributed by atoms with Crippen molar-refractivity contribution in [2.24, 2.45) is 5.73 Å². The minimum atomic E-state index is 0.233. The Labute approximate surface area is 115 Å². The van der Waals surface area contributed by atoms with Gasteiger partial charge in [0.2, 0.25) is 0 Å². The van der Waals surface area contributed by atoms with Gasteiger partial charge >= 0.3 is 0 Å². The summed E-state index contributed by atoms with van der Waals surface area (Å²) in [4.78, 5) is 9.15. The molecule has 1 fully saturated rings.